The van der Waals surface area contributed by atoms with Gasteiger partial charge in [-0.25, -0.2) is 0 Å². The molecule has 0 heterocycles. The Morgan fingerprint density at radius 3 is 1.94 bits per heavy atom. The fourth-order valence-electron chi connectivity index (χ4n) is 3.31. The third-order valence-electron chi connectivity index (χ3n) is 4.95. The van der Waals surface area contributed by atoms with Gasteiger partial charge < -0.3 is 4.74 Å². The molecule has 0 aromatic carbocycles. The SMILES string of the molecule is CC1CCC(COC(=O)C2CCC(C)CC2)CC1. The van der Waals surface area contributed by atoms with Crippen LogP contribution < -0.4 is 0 Å². The molecule has 0 aliphatic heterocycles. The van der Waals surface area contributed by atoms with Crippen LogP contribution in [0, 0.1) is 23.7 Å². The predicted molar refractivity (Wildman–Crippen MR) is 73.2 cm³/mol. The van der Waals surface area contributed by atoms with E-state index in [1.807, 2.05) is 0 Å². The Balaban J connectivity index is 1.65. The average Bonchev–Trinajstić information content (AvgIpc) is 2.38. The summed E-state index contributed by atoms with van der Waals surface area (Å²) in [6.45, 7) is 5.29. The first-order valence-electron chi connectivity index (χ1n) is 7.81. The molecule has 0 aromatic heterocycles. The minimum absolute atomic E-state index is 0.0838. The van der Waals surface area contributed by atoms with Gasteiger partial charge in [0.1, 0.15) is 0 Å². The highest BCUT2D eigenvalue weighted by atomic mass is 16.5. The van der Waals surface area contributed by atoms with Gasteiger partial charge in [0.2, 0.25) is 0 Å². The highest BCUT2D eigenvalue weighted by molar-refractivity contribution is 5.72. The van der Waals surface area contributed by atoms with Crippen LogP contribution in [0.3, 0.4) is 0 Å². The summed E-state index contributed by atoms with van der Waals surface area (Å²) in [6, 6.07) is 0. The van der Waals surface area contributed by atoms with Gasteiger partial charge in [-0.3, -0.25) is 4.79 Å². The van der Waals surface area contributed by atoms with Crippen molar-refractivity contribution in [2.75, 3.05) is 6.61 Å². The van der Waals surface area contributed by atoms with E-state index in [-0.39, 0.29) is 11.9 Å². The van der Waals surface area contributed by atoms with Gasteiger partial charge in [-0.05, 0) is 56.3 Å². The second kappa shape index (κ2) is 6.58. The first-order valence-corrected chi connectivity index (χ1v) is 7.81. The van der Waals surface area contributed by atoms with Crippen molar-refractivity contribution in [3.05, 3.63) is 0 Å². The molecule has 2 fully saturated rings. The maximum Gasteiger partial charge on any atom is 0.308 e. The molecule has 0 atom stereocenters. The quantitative estimate of drug-likeness (QED) is 0.704. The van der Waals surface area contributed by atoms with E-state index in [1.165, 1.54) is 38.5 Å². The van der Waals surface area contributed by atoms with Gasteiger partial charge in [-0.2, -0.15) is 0 Å². The van der Waals surface area contributed by atoms with Gasteiger partial charge in [0.25, 0.3) is 0 Å². The van der Waals surface area contributed by atoms with Gasteiger partial charge in [0.15, 0.2) is 0 Å². The fourth-order valence-corrected chi connectivity index (χ4v) is 3.31. The molecule has 2 heteroatoms. The monoisotopic (exact) mass is 252 g/mol. The first-order chi connectivity index (χ1) is 8.65. The maximum atomic E-state index is 12.0. The van der Waals surface area contributed by atoms with Crippen LogP contribution in [0.25, 0.3) is 0 Å². The zero-order valence-corrected chi connectivity index (χ0v) is 12.0. The van der Waals surface area contributed by atoms with E-state index in [1.54, 1.807) is 0 Å². The summed E-state index contributed by atoms with van der Waals surface area (Å²) in [5.74, 6) is 2.59. The van der Waals surface area contributed by atoms with Crippen molar-refractivity contribution in [2.45, 2.75) is 65.2 Å². The molecule has 18 heavy (non-hydrogen) atoms. The van der Waals surface area contributed by atoms with Gasteiger partial charge in [0, 0.05) is 0 Å². The van der Waals surface area contributed by atoms with Crippen molar-refractivity contribution in [1.29, 1.82) is 0 Å². The average molecular weight is 252 g/mol. The summed E-state index contributed by atoms with van der Waals surface area (Å²) in [6.07, 6.45) is 9.59. The predicted octanol–water partition coefficient (Wildman–Crippen LogP) is 4.18. The van der Waals surface area contributed by atoms with E-state index < -0.39 is 0 Å². The molecule has 0 N–H and O–H groups in total. The second-order valence-electron chi connectivity index (χ2n) is 6.71. The Bertz CT molecular complexity index is 258. The molecule has 0 amide bonds. The van der Waals surface area contributed by atoms with Gasteiger partial charge in [-0.1, -0.05) is 26.7 Å². The minimum atomic E-state index is 0.0838. The first kappa shape index (κ1) is 13.9. The number of hydrogen-bond acceptors (Lipinski definition) is 2. The van der Waals surface area contributed by atoms with Crippen LogP contribution in [0.5, 0.6) is 0 Å². The Hall–Kier alpha value is -0.530. The van der Waals surface area contributed by atoms with Crippen molar-refractivity contribution in [3.63, 3.8) is 0 Å². The van der Waals surface area contributed by atoms with Gasteiger partial charge in [0.05, 0.1) is 12.5 Å². The fraction of sp³-hybridized carbons (Fsp3) is 0.938. The van der Waals surface area contributed by atoms with E-state index in [2.05, 4.69) is 13.8 Å². The summed E-state index contributed by atoms with van der Waals surface area (Å²) >= 11 is 0. The summed E-state index contributed by atoms with van der Waals surface area (Å²) in [5, 5.41) is 0. The molecule has 2 saturated carbocycles. The lowest BCUT2D eigenvalue weighted by molar-refractivity contribution is -0.151. The molecule has 0 radical (unpaired) electrons. The lowest BCUT2D eigenvalue weighted by Crippen LogP contribution is -2.26. The van der Waals surface area contributed by atoms with Crippen LogP contribution in [-0.2, 0) is 9.53 Å². The molecule has 0 aromatic rings. The molecule has 0 unspecified atom stereocenters. The Morgan fingerprint density at radius 1 is 0.889 bits per heavy atom. The van der Waals surface area contributed by atoms with Crippen molar-refractivity contribution in [3.8, 4) is 0 Å². The number of esters is 1. The molecule has 2 nitrogen and oxygen atoms in total. The van der Waals surface area contributed by atoms with Gasteiger partial charge >= 0.3 is 5.97 Å². The van der Waals surface area contributed by atoms with Crippen LogP contribution in [0.15, 0.2) is 0 Å². The van der Waals surface area contributed by atoms with Crippen LogP contribution in [0.2, 0.25) is 0 Å². The topological polar surface area (TPSA) is 26.3 Å². The zero-order chi connectivity index (χ0) is 13.0. The Labute approximate surface area is 111 Å². The van der Waals surface area contributed by atoms with E-state index in [0.29, 0.717) is 12.5 Å². The van der Waals surface area contributed by atoms with E-state index in [9.17, 15) is 4.79 Å². The summed E-state index contributed by atoms with van der Waals surface area (Å²) in [5.41, 5.74) is 0. The number of carbonyl (C=O) groups is 1. The molecule has 2 aliphatic rings. The van der Waals surface area contributed by atoms with E-state index in [0.717, 1.165) is 24.7 Å². The zero-order valence-electron chi connectivity index (χ0n) is 12.0. The number of rotatable bonds is 3. The molecule has 2 rings (SSSR count). The van der Waals surface area contributed by atoms with E-state index >= 15 is 0 Å². The smallest absolute Gasteiger partial charge is 0.308 e. The number of ether oxygens (including phenoxy) is 1. The van der Waals surface area contributed by atoms with Gasteiger partial charge in [-0.15, -0.1) is 0 Å². The molecular formula is C16H28O2. The molecule has 0 saturated heterocycles. The lowest BCUT2D eigenvalue weighted by Gasteiger charge is -2.28. The van der Waals surface area contributed by atoms with Crippen LogP contribution >= 0.6 is 0 Å². The summed E-state index contributed by atoms with van der Waals surface area (Å²) in [4.78, 5) is 12.0. The van der Waals surface area contributed by atoms with Crippen molar-refractivity contribution >= 4 is 5.97 Å². The third-order valence-corrected chi connectivity index (χ3v) is 4.95. The second-order valence-corrected chi connectivity index (χ2v) is 6.71. The maximum absolute atomic E-state index is 12.0. The standard InChI is InChI=1S/C16H28O2/c1-12-3-7-14(8-4-12)11-18-16(17)15-9-5-13(2)6-10-15/h12-15H,3-11H2,1-2H3. The molecule has 0 bridgehead atoms. The molecule has 104 valence electrons. The van der Waals surface area contributed by atoms with Crippen molar-refractivity contribution in [1.82, 2.24) is 0 Å². The normalized spacial score (nSPS) is 37.2. The minimum Gasteiger partial charge on any atom is -0.465 e. The third kappa shape index (κ3) is 4.00. The van der Waals surface area contributed by atoms with E-state index in [4.69, 9.17) is 4.74 Å². The number of carbonyl (C=O) groups excluding carboxylic acids is 1. The summed E-state index contributed by atoms with van der Waals surface area (Å²) in [7, 11) is 0. The van der Waals surface area contributed by atoms with Crippen LogP contribution in [0.1, 0.15) is 65.2 Å². The summed E-state index contributed by atoms with van der Waals surface area (Å²) < 4.78 is 5.55. The Morgan fingerprint density at radius 2 is 1.39 bits per heavy atom. The van der Waals surface area contributed by atoms with Crippen LogP contribution in [0.4, 0.5) is 0 Å². The molecular weight excluding hydrogens is 224 g/mol. The molecule has 2 aliphatic carbocycles. The van der Waals surface area contributed by atoms with Crippen molar-refractivity contribution in [2.24, 2.45) is 23.7 Å². The van der Waals surface area contributed by atoms with Crippen LogP contribution in [-0.4, -0.2) is 12.6 Å². The Kier molecular flexibility index (Phi) is 5.08. The highest BCUT2D eigenvalue weighted by Crippen LogP contribution is 2.31. The molecule has 0 spiro atoms. The lowest BCUT2D eigenvalue weighted by atomic mass is 9.82. The number of hydrogen-bond donors (Lipinski definition) is 0. The van der Waals surface area contributed by atoms with Crippen molar-refractivity contribution < 1.29 is 9.53 Å². The largest absolute Gasteiger partial charge is 0.465 e. The highest BCUT2D eigenvalue weighted by Gasteiger charge is 2.26.